The summed E-state index contributed by atoms with van der Waals surface area (Å²) in [5.74, 6) is -0.407. The highest BCUT2D eigenvalue weighted by atomic mass is 32.2. The minimum absolute atomic E-state index is 0.0253. The zero-order chi connectivity index (χ0) is 17.2. The lowest BCUT2D eigenvalue weighted by molar-refractivity contribution is 0.102. The predicted octanol–water partition coefficient (Wildman–Crippen LogP) is 2.35. The van der Waals surface area contributed by atoms with Gasteiger partial charge in [-0.3, -0.25) is 10.1 Å². The van der Waals surface area contributed by atoms with Crippen LogP contribution in [0.2, 0.25) is 0 Å². The first kappa shape index (κ1) is 17.0. The van der Waals surface area contributed by atoms with Crippen LogP contribution < -0.4 is 5.32 Å². The van der Waals surface area contributed by atoms with Crippen LogP contribution in [0.3, 0.4) is 0 Å². The van der Waals surface area contributed by atoms with E-state index in [1.807, 2.05) is 6.92 Å². The van der Waals surface area contributed by atoms with Crippen LogP contribution in [0.5, 0.6) is 0 Å². The van der Waals surface area contributed by atoms with Crippen molar-refractivity contribution < 1.29 is 13.2 Å². The Morgan fingerprint density at radius 3 is 2.92 bits per heavy atom. The van der Waals surface area contributed by atoms with Crippen molar-refractivity contribution >= 4 is 32.4 Å². The molecule has 0 saturated carbocycles. The van der Waals surface area contributed by atoms with E-state index in [-0.39, 0.29) is 16.5 Å². The molecule has 2 aromatic rings. The van der Waals surface area contributed by atoms with E-state index in [0.29, 0.717) is 11.7 Å². The number of rotatable bonds is 4. The Morgan fingerprint density at radius 1 is 1.38 bits per heavy atom. The maximum atomic E-state index is 12.9. The smallest absolute Gasteiger partial charge is 0.257 e. The SMILES string of the molecule is CC1CCCCN1S(=O)(=O)c1cccc(C(=O)Nc2nncs2)c1. The standard InChI is InChI=1S/C15H18N4O3S2/c1-11-5-2-3-8-19(11)24(21,22)13-7-4-6-12(9-13)14(20)17-15-18-16-10-23-15/h4,6-7,9-11H,2-3,5,8H2,1H3,(H,17,18,20). The Kier molecular flexibility index (Phi) is 4.93. The van der Waals surface area contributed by atoms with Crippen LogP contribution in [0.15, 0.2) is 34.7 Å². The van der Waals surface area contributed by atoms with Crippen LogP contribution >= 0.6 is 11.3 Å². The van der Waals surface area contributed by atoms with Gasteiger partial charge in [-0.2, -0.15) is 4.31 Å². The van der Waals surface area contributed by atoms with Crippen LogP contribution in [0.1, 0.15) is 36.5 Å². The molecule has 1 N–H and O–H groups in total. The van der Waals surface area contributed by atoms with Gasteiger partial charge in [0.15, 0.2) is 0 Å². The van der Waals surface area contributed by atoms with Crippen molar-refractivity contribution in [3.63, 3.8) is 0 Å². The highest BCUT2D eigenvalue weighted by molar-refractivity contribution is 7.89. The topological polar surface area (TPSA) is 92.3 Å². The highest BCUT2D eigenvalue weighted by Gasteiger charge is 2.31. The molecule has 24 heavy (non-hydrogen) atoms. The molecule has 1 unspecified atom stereocenters. The van der Waals surface area contributed by atoms with Crippen molar-refractivity contribution in [2.45, 2.75) is 37.1 Å². The number of amides is 1. The van der Waals surface area contributed by atoms with E-state index < -0.39 is 15.9 Å². The molecular weight excluding hydrogens is 348 g/mol. The van der Waals surface area contributed by atoms with Crippen LogP contribution in [-0.4, -0.2) is 41.4 Å². The molecule has 128 valence electrons. The number of nitrogens with one attached hydrogen (secondary N) is 1. The minimum atomic E-state index is -3.60. The van der Waals surface area contributed by atoms with E-state index in [4.69, 9.17) is 0 Å². The quantitative estimate of drug-likeness (QED) is 0.897. The third-order valence-electron chi connectivity index (χ3n) is 4.03. The fourth-order valence-corrected chi connectivity index (χ4v) is 4.94. The number of carbonyl (C=O) groups is 1. The lowest BCUT2D eigenvalue weighted by atomic mass is 10.1. The van der Waals surface area contributed by atoms with Crippen molar-refractivity contribution in [2.75, 3.05) is 11.9 Å². The van der Waals surface area contributed by atoms with Gasteiger partial charge in [0.1, 0.15) is 5.51 Å². The highest BCUT2D eigenvalue weighted by Crippen LogP contribution is 2.25. The Labute approximate surface area is 144 Å². The van der Waals surface area contributed by atoms with E-state index in [2.05, 4.69) is 15.5 Å². The van der Waals surface area contributed by atoms with Gasteiger partial charge in [-0.05, 0) is 38.0 Å². The second-order valence-corrected chi connectivity index (χ2v) is 8.41. The van der Waals surface area contributed by atoms with Crippen molar-refractivity contribution in [2.24, 2.45) is 0 Å². The molecule has 1 fully saturated rings. The second-order valence-electron chi connectivity index (χ2n) is 5.69. The molecule has 0 radical (unpaired) electrons. The Balaban J connectivity index is 1.85. The van der Waals surface area contributed by atoms with E-state index in [1.54, 1.807) is 12.1 Å². The molecule has 2 heterocycles. The number of sulfonamides is 1. The monoisotopic (exact) mass is 366 g/mol. The molecule has 1 aliphatic rings. The van der Waals surface area contributed by atoms with Gasteiger partial charge < -0.3 is 0 Å². The predicted molar refractivity (Wildman–Crippen MR) is 91.5 cm³/mol. The van der Waals surface area contributed by atoms with Gasteiger partial charge in [0.05, 0.1) is 4.90 Å². The largest absolute Gasteiger partial charge is 0.296 e. The van der Waals surface area contributed by atoms with Crippen LogP contribution in [0.25, 0.3) is 0 Å². The summed E-state index contributed by atoms with van der Waals surface area (Å²) < 4.78 is 27.3. The van der Waals surface area contributed by atoms with E-state index in [9.17, 15) is 13.2 Å². The van der Waals surface area contributed by atoms with Crippen molar-refractivity contribution in [3.8, 4) is 0 Å². The molecule has 9 heteroatoms. The van der Waals surface area contributed by atoms with E-state index >= 15 is 0 Å². The second kappa shape index (κ2) is 6.96. The average Bonchev–Trinajstić information content (AvgIpc) is 3.08. The molecule has 7 nitrogen and oxygen atoms in total. The molecule has 3 rings (SSSR count). The molecule has 1 aromatic carbocycles. The number of aromatic nitrogens is 2. The normalized spacial score (nSPS) is 19.1. The van der Waals surface area contributed by atoms with Gasteiger partial charge in [-0.25, -0.2) is 8.42 Å². The fourth-order valence-electron chi connectivity index (χ4n) is 2.76. The number of hydrogen-bond donors (Lipinski definition) is 1. The van der Waals surface area contributed by atoms with Gasteiger partial charge in [-0.15, -0.1) is 10.2 Å². The van der Waals surface area contributed by atoms with E-state index in [0.717, 1.165) is 19.3 Å². The zero-order valence-corrected chi connectivity index (χ0v) is 14.8. The third-order valence-corrected chi connectivity index (χ3v) is 6.64. The summed E-state index contributed by atoms with van der Waals surface area (Å²) in [6, 6.07) is 6.07. The summed E-state index contributed by atoms with van der Waals surface area (Å²) in [7, 11) is -3.60. The molecule has 1 saturated heterocycles. The summed E-state index contributed by atoms with van der Waals surface area (Å²) in [6.07, 6.45) is 2.76. The number of hydrogen-bond acceptors (Lipinski definition) is 6. The average molecular weight is 366 g/mol. The lowest BCUT2D eigenvalue weighted by Gasteiger charge is -2.32. The van der Waals surface area contributed by atoms with E-state index in [1.165, 1.54) is 33.3 Å². The third kappa shape index (κ3) is 3.47. The van der Waals surface area contributed by atoms with Crippen molar-refractivity contribution in [1.82, 2.24) is 14.5 Å². The molecule has 1 amide bonds. The maximum absolute atomic E-state index is 12.9. The van der Waals surface area contributed by atoms with Gasteiger partial charge in [0.25, 0.3) is 5.91 Å². The Hall–Kier alpha value is -1.84. The number of carbonyl (C=O) groups excluding carboxylic acids is 1. The van der Waals surface area contributed by atoms with Gasteiger partial charge >= 0.3 is 0 Å². The summed E-state index contributed by atoms with van der Waals surface area (Å²) in [5, 5.41) is 10.4. The van der Waals surface area contributed by atoms with Gasteiger partial charge in [0, 0.05) is 18.2 Å². The minimum Gasteiger partial charge on any atom is -0.296 e. The molecule has 0 aliphatic carbocycles. The maximum Gasteiger partial charge on any atom is 0.257 e. The lowest BCUT2D eigenvalue weighted by Crippen LogP contribution is -2.41. The molecule has 1 atom stereocenters. The van der Waals surface area contributed by atoms with Crippen molar-refractivity contribution in [1.29, 1.82) is 0 Å². The van der Waals surface area contributed by atoms with Gasteiger partial charge in [-0.1, -0.05) is 23.8 Å². The Bertz CT molecular complexity index is 821. The molecule has 1 aromatic heterocycles. The summed E-state index contributed by atoms with van der Waals surface area (Å²) in [5.41, 5.74) is 1.78. The molecular formula is C15H18N4O3S2. The Morgan fingerprint density at radius 2 is 2.21 bits per heavy atom. The molecule has 0 spiro atoms. The van der Waals surface area contributed by atoms with Gasteiger partial charge in [0.2, 0.25) is 15.2 Å². The molecule has 1 aliphatic heterocycles. The van der Waals surface area contributed by atoms with Crippen LogP contribution in [-0.2, 0) is 10.0 Å². The number of benzene rings is 1. The van der Waals surface area contributed by atoms with Crippen LogP contribution in [0, 0.1) is 0 Å². The fraction of sp³-hybridized carbons (Fsp3) is 0.400. The molecule has 0 bridgehead atoms. The summed E-state index contributed by atoms with van der Waals surface area (Å²) in [6.45, 7) is 2.44. The summed E-state index contributed by atoms with van der Waals surface area (Å²) >= 11 is 1.20. The first-order valence-electron chi connectivity index (χ1n) is 7.68. The van der Waals surface area contributed by atoms with Crippen molar-refractivity contribution in [3.05, 3.63) is 35.3 Å². The van der Waals surface area contributed by atoms with Crippen LogP contribution in [0.4, 0.5) is 5.13 Å². The first-order valence-corrected chi connectivity index (χ1v) is 10.00. The zero-order valence-electron chi connectivity index (χ0n) is 13.2. The number of piperidine rings is 1. The first-order chi connectivity index (χ1) is 11.5. The number of nitrogens with zero attached hydrogens (tertiary/aromatic N) is 3. The number of anilines is 1. The summed E-state index contributed by atoms with van der Waals surface area (Å²) in [4.78, 5) is 12.4.